The van der Waals surface area contributed by atoms with Crippen LogP contribution in [0, 0.1) is 12.8 Å². The highest BCUT2D eigenvalue weighted by molar-refractivity contribution is 6.30. The Morgan fingerprint density at radius 3 is 2.90 bits per heavy atom. The number of rotatable bonds is 5. The molecule has 29 heavy (non-hydrogen) atoms. The van der Waals surface area contributed by atoms with Gasteiger partial charge in [-0.1, -0.05) is 40.5 Å². The molecule has 0 radical (unpaired) electrons. The third kappa shape index (κ3) is 5.02. The molecular formula is C22H23ClN4O2. The molecule has 1 amide bonds. The maximum absolute atomic E-state index is 12.7. The zero-order valence-corrected chi connectivity index (χ0v) is 17.0. The first-order valence-corrected chi connectivity index (χ1v) is 10.1. The zero-order valence-electron chi connectivity index (χ0n) is 16.3. The van der Waals surface area contributed by atoms with Crippen LogP contribution in [0.3, 0.4) is 0 Å². The van der Waals surface area contributed by atoms with Crippen LogP contribution in [0.5, 0.6) is 0 Å². The van der Waals surface area contributed by atoms with Gasteiger partial charge in [0.05, 0.1) is 12.5 Å². The van der Waals surface area contributed by atoms with Gasteiger partial charge in [0.25, 0.3) is 5.89 Å². The van der Waals surface area contributed by atoms with E-state index in [-0.39, 0.29) is 11.8 Å². The van der Waals surface area contributed by atoms with E-state index >= 15 is 0 Å². The van der Waals surface area contributed by atoms with Crippen molar-refractivity contribution in [3.8, 4) is 11.5 Å². The van der Waals surface area contributed by atoms with E-state index in [0.717, 1.165) is 30.6 Å². The van der Waals surface area contributed by atoms with Crippen LogP contribution in [0.2, 0.25) is 5.02 Å². The first kappa shape index (κ1) is 19.6. The summed E-state index contributed by atoms with van der Waals surface area (Å²) in [7, 11) is 0. The largest absolute Gasteiger partial charge is 0.334 e. The Kier molecular flexibility index (Phi) is 5.92. The quantitative estimate of drug-likeness (QED) is 0.668. The molecule has 1 atom stereocenters. The SMILES string of the molecule is Cc1ccc(-c2nc(CN3CCC[C@@H](C(=O)Nc4cccc(Cl)c4)C3)no2)cc1. The van der Waals surface area contributed by atoms with E-state index in [1.807, 2.05) is 43.3 Å². The second-order valence-electron chi connectivity index (χ2n) is 7.46. The molecule has 6 nitrogen and oxygen atoms in total. The summed E-state index contributed by atoms with van der Waals surface area (Å²) in [6, 6.07) is 15.2. The Balaban J connectivity index is 1.36. The van der Waals surface area contributed by atoms with E-state index in [1.54, 1.807) is 12.1 Å². The summed E-state index contributed by atoms with van der Waals surface area (Å²) in [5.41, 5.74) is 2.82. The molecule has 0 aliphatic carbocycles. The second kappa shape index (κ2) is 8.76. The van der Waals surface area contributed by atoms with Gasteiger partial charge in [-0.2, -0.15) is 4.98 Å². The molecule has 0 unspecified atom stereocenters. The van der Waals surface area contributed by atoms with Crippen molar-refractivity contribution in [3.05, 3.63) is 64.9 Å². The summed E-state index contributed by atoms with van der Waals surface area (Å²) >= 11 is 6.00. The molecule has 1 saturated heterocycles. The minimum absolute atomic E-state index is 0.0189. The summed E-state index contributed by atoms with van der Waals surface area (Å²) in [6.45, 7) is 4.19. The number of likely N-dealkylation sites (tertiary alicyclic amines) is 1. The molecule has 0 bridgehead atoms. The number of hydrogen-bond acceptors (Lipinski definition) is 5. The molecule has 0 saturated carbocycles. The number of aryl methyl sites for hydroxylation is 1. The number of piperidine rings is 1. The van der Waals surface area contributed by atoms with Gasteiger partial charge in [-0.25, -0.2) is 0 Å². The normalized spacial score (nSPS) is 17.2. The van der Waals surface area contributed by atoms with E-state index in [9.17, 15) is 4.79 Å². The molecule has 1 aromatic heterocycles. The molecular weight excluding hydrogens is 388 g/mol. The van der Waals surface area contributed by atoms with Gasteiger partial charge in [0.15, 0.2) is 5.82 Å². The van der Waals surface area contributed by atoms with E-state index < -0.39 is 0 Å². The fraction of sp³-hybridized carbons (Fsp3) is 0.318. The van der Waals surface area contributed by atoms with Crippen LogP contribution in [0.1, 0.15) is 24.2 Å². The molecule has 2 aromatic carbocycles. The summed E-state index contributed by atoms with van der Waals surface area (Å²) in [6.07, 6.45) is 1.82. The second-order valence-corrected chi connectivity index (χ2v) is 7.89. The van der Waals surface area contributed by atoms with Gasteiger partial charge in [0, 0.05) is 22.8 Å². The fourth-order valence-corrected chi connectivity index (χ4v) is 3.75. The van der Waals surface area contributed by atoms with Crippen LogP contribution in [-0.4, -0.2) is 34.0 Å². The first-order chi connectivity index (χ1) is 14.1. The standard InChI is InChI=1S/C22H23ClN4O2/c1-15-7-9-16(10-8-15)22-25-20(26-29-22)14-27-11-3-4-17(13-27)21(28)24-19-6-2-5-18(23)12-19/h2,5-10,12,17H,3-4,11,13-14H2,1H3,(H,24,28)/t17-/m1/s1. The Morgan fingerprint density at radius 2 is 2.10 bits per heavy atom. The van der Waals surface area contributed by atoms with Crippen LogP contribution in [0.15, 0.2) is 53.1 Å². The summed E-state index contributed by atoms with van der Waals surface area (Å²) < 4.78 is 5.42. The maximum atomic E-state index is 12.7. The number of benzene rings is 2. The van der Waals surface area contributed by atoms with Crippen molar-refractivity contribution in [1.29, 1.82) is 0 Å². The smallest absolute Gasteiger partial charge is 0.257 e. The number of amides is 1. The number of carbonyl (C=O) groups excluding carboxylic acids is 1. The molecule has 1 N–H and O–H groups in total. The molecule has 1 aliphatic heterocycles. The van der Waals surface area contributed by atoms with Gasteiger partial charge in [-0.05, 0) is 56.6 Å². The van der Waals surface area contributed by atoms with E-state index in [4.69, 9.17) is 16.1 Å². The van der Waals surface area contributed by atoms with Crippen LogP contribution >= 0.6 is 11.6 Å². The molecule has 0 spiro atoms. The number of hydrogen-bond donors (Lipinski definition) is 1. The lowest BCUT2D eigenvalue weighted by Gasteiger charge is -2.31. The van der Waals surface area contributed by atoms with Gasteiger partial charge in [-0.15, -0.1) is 0 Å². The van der Waals surface area contributed by atoms with E-state index in [1.165, 1.54) is 5.56 Å². The topological polar surface area (TPSA) is 71.3 Å². The van der Waals surface area contributed by atoms with Crippen molar-refractivity contribution in [2.75, 3.05) is 18.4 Å². The van der Waals surface area contributed by atoms with Crippen molar-refractivity contribution in [1.82, 2.24) is 15.0 Å². The van der Waals surface area contributed by atoms with Gasteiger partial charge in [0.2, 0.25) is 5.91 Å². The lowest BCUT2D eigenvalue weighted by atomic mass is 9.97. The number of nitrogens with one attached hydrogen (secondary N) is 1. The van der Waals surface area contributed by atoms with Crippen molar-refractivity contribution in [2.24, 2.45) is 5.92 Å². The Labute approximate surface area is 174 Å². The van der Waals surface area contributed by atoms with Crippen LogP contribution < -0.4 is 5.32 Å². The monoisotopic (exact) mass is 410 g/mol. The minimum atomic E-state index is -0.0776. The van der Waals surface area contributed by atoms with Crippen molar-refractivity contribution in [3.63, 3.8) is 0 Å². The lowest BCUT2D eigenvalue weighted by Crippen LogP contribution is -2.40. The number of halogens is 1. The minimum Gasteiger partial charge on any atom is -0.334 e. The molecule has 4 rings (SSSR count). The summed E-state index contributed by atoms with van der Waals surface area (Å²) in [5, 5.41) is 7.69. The van der Waals surface area contributed by atoms with Gasteiger partial charge >= 0.3 is 0 Å². The molecule has 1 aliphatic rings. The third-order valence-corrected chi connectivity index (χ3v) is 5.34. The highest BCUT2D eigenvalue weighted by Gasteiger charge is 2.27. The van der Waals surface area contributed by atoms with Crippen LogP contribution in [0.25, 0.3) is 11.5 Å². The first-order valence-electron chi connectivity index (χ1n) is 9.75. The van der Waals surface area contributed by atoms with Crippen molar-refractivity contribution in [2.45, 2.75) is 26.3 Å². The highest BCUT2D eigenvalue weighted by Crippen LogP contribution is 2.22. The average Bonchev–Trinajstić information content (AvgIpc) is 3.17. The predicted octanol–water partition coefficient (Wildman–Crippen LogP) is 4.55. The number of carbonyl (C=O) groups is 1. The lowest BCUT2D eigenvalue weighted by molar-refractivity contribution is -0.121. The highest BCUT2D eigenvalue weighted by atomic mass is 35.5. The van der Waals surface area contributed by atoms with Gasteiger partial charge < -0.3 is 9.84 Å². The number of aromatic nitrogens is 2. The van der Waals surface area contributed by atoms with Crippen molar-refractivity contribution >= 4 is 23.2 Å². The fourth-order valence-electron chi connectivity index (χ4n) is 3.56. The van der Waals surface area contributed by atoms with E-state index in [2.05, 4.69) is 20.4 Å². The Morgan fingerprint density at radius 1 is 1.28 bits per heavy atom. The maximum Gasteiger partial charge on any atom is 0.257 e. The Bertz CT molecular complexity index is 986. The predicted molar refractivity (Wildman–Crippen MR) is 113 cm³/mol. The summed E-state index contributed by atoms with van der Waals surface area (Å²) in [4.78, 5) is 19.4. The van der Waals surface area contributed by atoms with Crippen LogP contribution in [-0.2, 0) is 11.3 Å². The average molecular weight is 411 g/mol. The summed E-state index contributed by atoms with van der Waals surface area (Å²) in [5.74, 6) is 1.10. The zero-order chi connectivity index (χ0) is 20.2. The van der Waals surface area contributed by atoms with Crippen molar-refractivity contribution < 1.29 is 9.32 Å². The number of anilines is 1. The van der Waals surface area contributed by atoms with Gasteiger partial charge in [0.1, 0.15) is 0 Å². The molecule has 2 heterocycles. The van der Waals surface area contributed by atoms with Gasteiger partial charge in [-0.3, -0.25) is 9.69 Å². The third-order valence-electron chi connectivity index (χ3n) is 5.10. The Hall–Kier alpha value is -2.70. The van der Waals surface area contributed by atoms with E-state index in [0.29, 0.717) is 29.8 Å². The molecule has 7 heteroatoms. The molecule has 3 aromatic rings. The number of nitrogens with zero attached hydrogens (tertiary/aromatic N) is 3. The van der Waals surface area contributed by atoms with Crippen LogP contribution in [0.4, 0.5) is 5.69 Å². The molecule has 150 valence electrons. The molecule has 1 fully saturated rings.